The van der Waals surface area contributed by atoms with E-state index < -0.39 is 5.91 Å². The number of hydrogen-bond donors (Lipinski definition) is 4. The van der Waals surface area contributed by atoms with Crippen molar-refractivity contribution in [3.8, 4) is 0 Å². The van der Waals surface area contributed by atoms with Crippen molar-refractivity contribution in [1.29, 1.82) is 0 Å². The molecule has 4 aromatic heterocycles. The first-order valence-electron chi connectivity index (χ1n) is 16.2. The molecule has 6 aromatic rings. The first-order valence-corrected chi connectivity index (χ1v) is 16.2. The Morgan fingerprint density at radius 2 is 1.34 bits per heavy atom. The van der Waals surface area contributed by atoms with Crippen molar-refractivity contribution in [1.82, 2.24) is 38.7 Å². The summed E-state index contributed by atoms with van der Waals surface area (Å²) in [6.07, 6.45) is 1.32. The molecule has 15 heteroatoms. The fourth-order valence-electron chi connectivity index (χ4n) is 6.07. The van der Waals surface area contributed by atoms with Gasteiger partial charge in [-0.2, -0.15) is 10.2 Å². The van der Waals surface area contributed by atoms with E-state index in [4.69, 9.17) is 10.7 Å². The van der Waals surface area contributed by atoms with E-state index >= 15 is 0 Å². The number of rotatable bonds is 13. The maximum Gasteiger partial charge on any atom is 0.276 e. The minimum atomic E-state index is -0.571. The third kappa shape index (κ3) is 6.85. The molecule has 0 aliphatic carbocycles. The third-order valence-electron chi connectivity index (χ3n) is 8.40. The van der Waals surface area contributed by atoms with E-state index in [1.807, 2.05) is 49.0 Å². The molecule has 5 N–H and O–H groups in total. The van der Waals surface area contributed by atoms with Gasteiger partial charge in [0.1, 0.15) is 11.4 Å². The Hall–Kier alpha value is -5.83. The van der Waals surface area contributed by atoms with Crippen LogP contribution < -0.4 is 16.4 Å². The van der Waals surface area contributed by atoms with Gasteiger partial charge in [0.05, 0.1) is 40.1 Å². The summed E-state index contributed by atoms with van der Waals surface area (Å²) in [6.45, 7) is 9.36. The van der Waals surface area contributed by atoms with Crippen LogP contribution in [-0.4, -0.2) is 61.5 Å². The predicted octanol–water partition coefficient (Wildman–Crippen LogP) is 4.65. The van der Waals surface area contributed by atoms with E-state index in [0.717, 1.165) is 22.4 Å². The highest BCUT2D eigenvalue weighted by molar-refractivity contribution is 6.04. The Morgan fingerprint density at radius 3 is 1.88 bits per heavy atom. The lowest BCUT2D eigenvalue weighted by Crippen LogP contribution is -2.20. The molecule has 0 aliphatic heterocycles. The normalized spacial score (nSPS) is 11.2. The third-order valence-corrected chi connectivity index (χ3v) is 8.40. The smallest absolute Gasteiger partial charge is 0.276 e. The number of amides is 3. The Labute approximate surface area is 289 Å². The number of nitrogens with zero attached hydrogens (tertiary/aromatic N) is 8. The van der Waals surface area contributed by atoms with Crippen LogP contribution in [0.4, 0.5) is 11.9 Å². The van der Waals surface area contributed by atoms with Gasteiger partial charge in [-0.1, -0.05) is 19.6 Å². The van der Waals surface area contributed by atoms with Crippen molar-refractivity contribution in [2.45, 2.75) is 80.7 Å². The number of aliphatic hydroxyl groups is 1. The van der Waals surface area contributed by atoms with E-state index in [0.29, 0.717) is 84.5 Å². The topological polar surface area (TPSA) is 193 Å². The van der Waals surface area contributed by atoms with E-state index in [2.05, 4.69) is 25.8 Å². The Bertz CT molecular complexity index is 2200. The lowest BCUT2D eigenvalue weighted by molar-refractivity contribution is 0.0995. The van der Waals surface area contributed by atoms with Crippen LogP contribution in [0.3, 0.4) is 0 Å². The summed E-state index contributed by atoms with van der Waals surface area (Å²) in [5.74, 6) is -0.549. The highest BCUT2D eigenvalue weighted by Crippen LogP contribution is 2.26. The van der Waals surface area contributed by atoms with E-state index in [-0.39, 0.29) is 25.8 Å². The molecule has 15 nitrogen and oxygen atoms in total. The number of nitrogens with two attached hydrogens (primary N) is 1. The highest BCUT2D eigenvalue weighted by atomic mass is 16.3. The largest absolute Gasteiger partial charge is 0.392 e. The summed E-state index contributed by atoms with van der Waals surface area (Å²) in [5, 5.41) is 24.7. The van der Waals surface area contributed by atoms with Gasteiger partial charge in [-0.25, -0.2) is 9.97 Å². The van der Waals surface area contributed by atoms with Gasteiger partial charge in [0.2, 0.25) is 17.8 Å². The maximum atomic E-state index is 13.4. The number of carbonyl (C=O) groups is 3. The molecule has 3 amide bonds. The van der Waals surface area contributed by atoms with Gasteiger partial charge >= 0.3 is 0 Å². The summed E-state index contributed by atoms with van der Waals surface area (Å²) in [4.78, 5) is 48.0. The Morgan fingerprint density at radius 1 is 0.780 bits per heavy atom. The zero-order valence-electron chi connectivity index (χ0n) is 27.9. The number of imidazole rings is 2. The molecular formula is C35H43N11O4. The summed E-state index contributed by atoms with van der Waals surface area (Å²) in [6, 6.07) is 14.1. The second-order valence-electron chi connectivity index (χ2n) is 11.8. The van der Waals surface area contributed by atoms with Gasteiger partial charge in [-0.3, -0.25) is 34.4 Å². The van der Waals surface area contributed by atoms with Crippen molar-refractivity contribution < 1.29 is 19.5 Å². The Balaban J connectivity index is 0.00000486. The quantitative estimate of drug-likeness (QED) is 0.127. The van der Waals surface area contributed by atoms with Crippen molar-refractivity contribution in [2.24, 2.45) is 5.73 Å². The highest BCUT2D eigenvalue weighted by Gasteiger charge is 2.21. The first kappa shape index (κ1) is 35.5. The number of para-hydroxylation sites is 1. The van der Waals surface area contributed by atoms with Crippen LogP contribution in [0.15, 0.2) is 48.5 Å². The molecule has 2 aromatic carbocycles. The monoisotopic (exact) mass is 681 g/mol. The number of aromatic nitrogens is 8. The average Bonchev–Trinajstić information content (AvgIpc) is 3.85. The number of fused-ring (bicyclic) bond motifs is 2. The van der Waals surface area contributed by atoms with Crippen LogP contribution in [0.1, 0.15) is 82.4 Å². The minimum Gasteiger partial charge on any atom is -0.392 e. The number of unbranched alkanes of at least 4 members (excludes halogenated alkanes) is 1. The molecule has 262 valence electrons. The van der Waals surface area contributed by atoms with Crippen molar-refractivity contribution >= 4 is 51.7 Å². The number of hydrogen-bond acceptors (Lipinski definition) is 8. The molecular weight excluding hydrogens is 638 g/mol. The van der Waals surface area contributed by atoms with Crippen LogP contribution in [0, 0.1) is 13.8 Å². The molecule has 0 fully saturated rings. The lowest BCUT2D eigenvalue weighted by Gasteiger charge is -2.13. The van der Waals surface area contributed by atoms with Gasteiger partial charge in [0.15, 0.2) is 0 Å². The van der Waals surface area contributed by atoms with Crippen LogP contribution in [0.5, 0.6) is 0 Å². The Kier molecular flexibility index (Phi) is 10.5. The average molecular weight is 682 g/mol. The van der Waals surface area contributed by atoms with Gasteiger partial charge < -0.3 is 20.0 Å². The maximum absolute atomic E-state index is 13.4. The number of primary amides is 1. The van der Waals surface area contributed by atoms with Crippen molar-refractivity contribution in [3.63, 3.8) is 0 Å². The molecule has 50 heavy (non-hydrogen) atoms. The summed E-state index contributed by atoms with van der Waals surface area (Å²) < 4.78 is 7.12. The summed E-state index contributed by atoms with van der Waals surface area (Å²) >= 11 is 0. The molecule has 6 rings (SSSR count). The second-order valence-corrected chi connectivity index (χ2v) is 11.8. The van der Waals surface area contributed by atoms with E-state index in [1.54, 1.807) is 45.8 Å². The molecule has 0 saturated heterocycles. The molecule has 0 unspecified atom stereocenters. The first-order chi connectivity index (χ1) is 23.6. The molecule has 4 heterocycles. The predicted molar refractivity (Wildman–Crippen MR) is 191 cm³/mol. The lowest BCUT2D eigenvalue weighted by atomic mass is 10.2. The van der Waals surface area contributed by atoms with Crippen molar-refractivity contribution in [3.05, 3.63) is 82.4 Å². The number of aliphatic hydroxyl groups excluding tert-OH is 1. The van der Waals surface area contributed by atoms with E-state index in [9.17, 15) is 19.5 Å². The molecule has 0 spiro atoms. The molecule has 0 atom stereocenters. The zero-order chi connectivity index (χ0) is 34.8. The number of benzene rings is 2. The van der Waals surface area contributed by atoms with Crippen LogP contribution in [0.2, 0.25) is 0 Å². The zero-order valence-corrected chi connectivity index (χ0v) is 27.9. The minimum absolute atomic E-state index is 0. The van der Waals surface area contributed by atoms with Gasteiger partial charge in [-0.05, 0) is 76.9 Å². The fraction of sp³-hybridized carbons (Fsp3) is 0.343. The van der Waals surface area contributed by atoms with Crippen LogP contribution >= 0.6 is 0 Å². The van der Waals surface area contributed by atoms with E-state index in [1.165, 1.54) is 0 Å². The number of nitrogens with one attached hydrogen (secondary N) is 2. The molecule has 0 bridgehead atoms. The molecule has 0 aliphatic rings. The molecule has 0 saturated carbocycles. The fourth-order valence-corrected chi connectivity index (χ4v) is 6.07. The number of carbonyl (C=O) groups excluding carboxylic acids is 3. The summed E-state index contributed by atoms with van der Waals surface area (Å²) in [5.41, 5.74) is 11.5. The second kappa shape index (κ2) is 14.7. The van der Waals surface area contributed by atoms with Gasteiger partial charge in [0, 0.05) is 37.3 Å². The summed E-state index contributed by atoms with van der Waals surface area (Å²) in [7, 11) is 0. The standard InChI is InChI=1S/C34H39N11O4.CH4/c1-5-44-27(16-20(3)40-44)31(48)38-33-36-24-18-22(30(35)47)12-13-25(24)42(33)14-7-8-15-43-26-11-9-10-23(19-46)29(26)37-34(43)39-32(49)28-17-21(4)41-45(28)6-2;/h9-13,16-18,46H,5-8,14-15,19H2,1-4H3,(H2,35,47)(H,36,38,48)(H,37,39,49);1H4. The molecule has 0 radical (unpaired) electrons. The SMILES string of the molecule is C.CCn1nc(C)cc1C(=O)Nc1nc2cc(C(N)=O)ccc2n1CCCCn1c(NC(=O)c2cc(C)nn2CC)nc2c(CO)cccc21. The van der Waals surface area contributed by atoms with Crippen molar-refractivity contribution in [2.75, 3.05) is 10.6 Å². The number of aryl methyl sites for hydroxylation is 6. The van der Waals surface area contributed by atoms with Crippen LogP contribution in [0.25, 0.3) is 22.1 Å². The van der Waals surface area contributed by atoms with Crippen LogP contribution in [-0.2, 0) is 32.8 Å². The number of anilines is 2. The van der Waals surface area contributed by atoms with Gasteiger partial charge in [-0.15, -0.1) is 0 Å². The van der Waals surface area contributed by atoms with Gasteiger partial charge in [0.25, 0.3) is 11.8 Å².